The number of aromatic nitrogens is 2. The predicted molar refractivity (Wildman–Crippen MR) is 117 cm³/mol. The molecule has 2 heterocycles. The quantitative estimate of drug-likeness (QED) is 0.578. The van der Waals surface area contributed by atoms with Crippen molar-refractivity contribution in [1.29, 1.82) is 0 Å². The van der Waals surface area contributed by atoms with E-state index in [2.05, 4.69) is 10.3 Å². The molecule has 0 saturated carbocycles. The molecule has 0 spiro atoms. The number of aromatic hydroxyl groups is 1. The summed E-state index contributed by atoms with van der Waals surface area (Å²) < 4.78 is 19.5. The smallest absolute Gasteiger partial charge is 0.312 e. The van der Waals surface area contributed by atoms with Gasteiger partial charge in [-0.25, -0.2) is 9.37 Å². The van der Waals surface area contributed by atoms with Gasteiger partial charge in [-0.2, -0.15) is 0 Å². The third kappa shape index (κ3) is 4.91. The van der Waals surface area contributed by atoms with Gasteiger partial charge in [0.2, 0.25) is 5.75 Å². The van der Waals surface area contributed by atoms with Crippen molar-refractivity contribution in [2.75, 3.05) is 27.7 Å². The first kappa shape index (κ1) is 24.8. The Morgan fingerprint density at radius 3 is 2.50 bits per heavy atom. The van der Waals surface area contributed by atoms with E-state index in [1.807, 2.05) is 0 Å². The summed E-state index contributed by atoms with van der Waals surface area (Å²) in [5.41, 5.74) is -0.812. The molecule has 0 bridgehead atoms. The van der Waals surface area contributed by atoms with Crippen molar-refractivity contribution in [3.05, 3.63) is 57.5 Å². The van der Waals surface area contributed by atoms with Crippen LogP contribution in [0.25, 0.3) is 0 Å². The lowest BCUT2D eigenvalue weighted by atomic mass is 10.1. The molecular weight excluding hydrogens is 449 g/mol. The summed E-state index contributed by atoms with van der Waals surface area (Å²) in [6, 6.07) is 4.59. The fraction of sp³-hybridized carbons (Fsp3) is 0.409. The Balaban J connectivity index is 1.95. The molecule has 12 heteroatoms. The SMILES string of the molecule is CO[C@@H]1CC(c2nc(C(=O)NCc3ccc(F)cc3)c(O)c(=O)n2C)N(C(=O)C(=O)N(C)C)C1. The summed E-state index contributed by atoms with van der Waals surface area (Å²) in [6.07, 6.45) is -0.199. The molecule has 0 aliphatic carbocycles. The third-order valence-electron chi connectivity index (χ3n) is 5.63. The highest BCUT2D eigenvalue weighted by Crippen LogP contribution is 2.32. The van der Waals surface area contributed by atoms with Crippen LogP contribution in [0.3, 0.4) is 0 Å². The summed E-state index contributed by atoms with van der Waals surface area (Å²) in [4.78, 5) is 57.1. The maximum atomic E-state index is 13.1. The first-order valence-electron chi connectivity index (χ1n) is 10.4. The first-order chi connectivity index (χ1) is 16.0. The molecule has 182 valence electrons. The highest BCUT2D eigenvalue weighted by molar-refractivity contribution is 6.34. The average Bonchev–Trinajstić information content (AvgIpc) is 3.25. The Labute approximate surface area is 194 Å². The maximum Gasteiger partial charge on any atom is 0.312 e. The predicted octanol–water partition coefficient (Wildman–Crippen LogP) is -0.0684. The van der Waals surface area contributed by atoms with Crippen molar-refractivity contribution in [3.63, 3.8) is 0 Å². The van der Waals surface area contributed by atoms with Gasteiger partial charge in [0.25, 0.3) is 11.5 Å². The molecule has 1 saturated heterocycles. The van der Waals surface area contributed by atoms with E-state index >= 15 is 0 Å². The second-order valence-electron chi connectivity index (χ2n) is 8.11. The number of carbonyl (C=O) groups is 3. The molecule has 2 atom stereocenters. The maximum absolute atomic E-state index is 13.1. The number of hydrogen-bond donors (Lipinski definition) is 2. The normalized spacial score (nSPS) is 17.5. The molecular formula is C22H26FN5O6. The molecule has 1 unspecified atom stereocenters. The van der Waals surface area contributed by atoms with Gasteiger partial charge in [-0.3, -0.25) is 23.7 Å². The summed E-state index contributed by atoms with van der Waals surface area (Å²) in [5, 5.41) is 12.8. The van der Waals surface area contributed by atoms with Gasteiger partial charge in [-0.1, -0.05) is 12.1 Å². The van der Waals surface area contributed by atoms with E-state index < -0.39 is 52.7 Å². The van der Waals surface area contributed by atoms with Gasteiger partial charge in [0, 0.05) is 47.8 Å². The Kier molecular flexibility index (Phi) is 7.30. The molecule has 2 aromatic rings. The molecule has 0 radical (unpaired) electrons. The number of rotatable bonds is 5. The summed E-state index contributed by atoms with van der Waals surface area (Å²) in [5.74, 6) is -3.66. The van der Waals surface area contributed by atoms with Crippen LogP contribution in [0.15, 0.2) is 29.1 Å². The van der Waals surface area contributed by atoms with Crippen LogP contribution < -0.4 is 10.9 Å². The molecule has 1 aliphatic heterocycles. The molecule has 3 rings (SSSR count). The van der Waals surface area contributed by atoms with Gasteiger partial charge in [-0.15, -0.1) is 0 Å². The van der Waals surface area contributed by atoms with Gasteiger partial charge in [0.15, 0.2) is 5.69 Å². The van der Waals surface area contributed by atoms with Gasteiger partial charge >= 0.3 is 11.8 Å². The Morgan fingerprint density at radius 2 is 1.91 bits per heavy atom. The first-order valence-corrected chi connectivity index (χ1v) is 10.4. The number of halogens is 1. The Hall–Kier alpha value is -3.80. The van der Waals surface area contributed by atoms with Crippen LogP contribution >= 0.6 is 0 Å². The van der Waals surface area contributed by atoms with E-state index in [-0.39, 0.29) is 25.3 Å². The van der Waals surface area contributed by atoms with E-state index in [0.717, 1.165) is 9.47 Å². The number of carbonyl (C=O) groups excluding carboxylic acids is 3. The fourth-order valence-electron chi connectivity index (χ4n) is 3.68. The molecule has 34 heavy (non-hydrogen) atoms. The van der Waals surface area contributed by atoms with Crippen LogP contribution in [0.2, 0.25) is 0 Å². The van der Waals surface area contributed by atoms with Crippen LogP contribution in [0.4, 0.5) is 4.39 Å². The van der Waals surface area contributed by atoms with E-state index in [9.17, 15) is 28.7 Å². The van der Waals surface area contributed by atoms with Gasteiger partial charge in [0.1, 0.15) is 11.6 Å². The zero-order valence-electron chi connectivity index (χ0n) is 19.2. The number of likely N-dealkylation sites (N-methyl/N-ethyl adjacent to an activating group) is 1. The van der Waals surface area contributed by atoms with E-state index in [0.29, 0.717) is 5.56 Å². The van der Waals surface area contributed by atoms with Crippen molar-refractivity contribution in [1.82, 2.24) is 24.7 Å². The van der Waals surface area contributed by atoms with Crippen molar-refractivity contribution in [2.24, 2.45) is 7.05 Å². The standard InChI is InChI=1S/C22H26FN5O6/c1-26(2)21(32)22(33)28-11-14(34-4)9-15(28)18-25-16(17(29)20(31)27(18)3)19(30)24-10-12-5-7-13(23)8-6-12/h5-8,14-15,29H,9-11H2,1-4H3,(H,24,30)/t14-,15?/m1/s1. The molecule has 1 aromatic carbocycles. The number of nitrogens with one attached hydrogen (secondary N) is 1. The van der Waals surface area contributed by atoms with Crippen molar-refractivity contribution in [2.45, 2.75) is 25.1 Å². The zero-order chi connectivity index (χ0) is 25.2. The highest BCUT2D eigenvalue weighted by Gasteiger charge is 2.41. The number of methoxy groups -OCH3 is 1. The third-order valence-corrected chi connectivity index (χ3v) is 5.63. The van der Waals surface area contributed by atoms with Crippen LogP contribution in [0.5, 0.6) is 5.75 Å². The monoisotopic (exact) mass is 475 g/mol. The summed E-state index contributed by atoms with van der Waals surface area (Å²) in [6.45, 7) is 0.0876. The molecule has 3 amide bonds. The van der Waals surface area contributed by atoms with Crippen LogP contribution in [-0.4, -0.2) is 76.0 Å². The van der Waals surface area contributed by atoms with Crippen molar-refractivity contribution in [3.8, 4) is 5.75 Å². The summed E-state index contributed by atoms with van der Waals surface area (Å²) in [7, 11) is 5.69. The number of ether oxygens (including phenoxy) is 1. The number of nitrogens with zero attached hydrogens (tertiary/aromatic N) is 4. The summed E-state index contributed by atoms with van der Waals surface area (Å²) >= 11 is 0. The number of likely N-dealkylation sites (tertiary alicyclic amines) is 1. The Bertz CT molecular complexity index is 1160. The topological polar surface area (TPSA) is 134 Å². The van der Waals surface area contributed by atoms with Gasteiger partial charge in [-0.05, 0) is 17.7 Å². The van der Waals surface area contributed by atoms with Crippen LogP contribution in [0, 0.1) is 5.82 Å². The van der Waals surface area contributed by atoms with Gasteiger partial charge < -0.3 is 25.0 Å². The van der Waals surface area contributed by atoms with Crippen molar-refractivity contribution >= 4 is 17.7 Å². The molecule has 11 nitrogen and oxygen atoms in total. The molecule has 1 fully saturated rings. The molecule has 2 N–H and O–H groups in total. The van der Waals surface area contributed by atoms with E-state index in [1.54, 1.807) is 0 Å². The number of benzene rings is 1. The highest BCUT2D eigenvalue weighted by atomic mass is 19.1. The molecule has 1 aliphatic rings. The van der Waals surface area contributed by atoms with E-state index in [1.165, 1.54) is 57.4 Å². The lowest BCUT2D eigenvalue weighted by Gasteiger charge is -2.26. The largest absolute Gasteiger partial charge is 0.501 e. The zero-order valence-corrected chi connectivity index (χ0v) is 19.2. The molecule has 1 aromatic heterocycles. The minimum Gasteiger partial charge on any atom is -0.501 e. The number of amides is 3. The lowest BCUT2D eigenvalue weighted by Crippen LogP contribution is -2.44. The van der Waals surface area contributed by atoms with Crippen molar-refractivity contribution < 1.29 is 28.6 Å². The fourth-order valence-corrected chi connectivity index (χ4v) is 3.68. The lowest BCUT2D eigenvalue weighted by molar-refractivity contribution is -0.151. The van der Waals surface area contributed by atoms with E-state index in [4.69, 9.17) is 4.74 Å². The van der Waals surface area contributed by atoms with Gasteiger partial charge in [0.05, 0.1) is 12.1 Å². The minimum absolute atomic E-state index is 0.00189. The Morgan fingerprint density at radius 1 is 1.26 bits per heavy atom. The second-order valence-corrected chi connectivity index (χ2v) is 8.11. The minimum atomic E-state index is -0.885. The average molecular weight is 475 g/mol. The van der Waals surface area contributed by atoms with Crippen LogP contribution in [0.1, 0.15) is 34.3 Å². The number of hydrogen-bond acceptors (Lipinski definition) is 7. The van der Waals surface area contributed by atoms with Crippen LogP contribution in [-0.2, 0) is 27.9 Å². The second kappa shape index (κ2) is 10.00.